The van der Waals surface area contributed by atoms with Crippen molar-refractivity contribution in [3.8, 4) is 11.8 Å². The molecule has 2 N–H and O–H groups in total. The van der Waals surface area contributed by atoms with Gasteiger partial charge in [-0.15, -0.1) is 0 Å². The van der Waals surface area contributed by atoms with Gasteiger partial charge in [-0.05, 0) is 32.0 Å². The third kappa shape index (κ3) is 5.22. The molecule has 1 aromatic rings. The van der Waals surface area contributed by atoms with Crippen molar-refractivity contribution < 1.29 is 14.6 Å². The van der Waals surface area contributed by atoms with Crippen LogP contribution in [0.4, 0.5) is 5.69 Å². The van der Waals surface area contributed by atoms with Gasteiger partial charge in [-0.25, -0.2) is 0 Å². The molecule has 0 radical (unpaired) electrons. The summed E-state index contributed by atoms with van der Waals surface area (Å²) in [6, 6.07) is 4.99. The first-order valence-electron chi connectivity index (χ1n) is 6.12. The fourth-order valence-electron chi connectivity index (χ4n) is 1.52. The maximum atomic E-state index is 12.0. The van der Waals surface area contributed by atoms with E-state index in [-0.39, 0.29) is 18.9 Å². The van der Waals surface area contributed by atoms with Crippen LogP contribution in [0.25, 0.3) is 0 Å². The van der Waals surface area contributed by atoms with E-state index in [0.717, 1.165) is 0 Å². The van der Waals surface area contributed by atoms with Gasteiger partial charge in [0.25, 0.3) is 0 Å². The SMILES string of the molecule is COC(C)(C)CC(=O)Nc1ccc(Cl)cc1C#CCO. The maximum Gasteiger partial charge on any atom is 0.227 e. The van der Waals surface area contributed by atoms with Crippen LogP contribution >= 0.6 is 11.6 Å². The Hall–Kier alpha value is -1.54. The molecule has 0 heterocycles. The molecule has 0 spiro atoms. The lowest BCUT2D eigenvalue weighted by Crippen LogP contribution is -2.29. The number of aliphatic hydroxyl groups excluding tert-OH is 1. The second-order valence-electron chi connectivity index (χ2n) is 4.84. The molecule has 108 valence electrons. The summed E-state index contributed by atoms with van der Waals surface area (Å²) >= 11 is 5.90. The van der Waals surface area contributed by atoms with E-state index in [0.29, 0.717) is 16.3 Å². The van der Waals surface area contributed by atoms with Crippen LogP contribution in [0.2, 0.25) is 5.02 Å². The molecule has 0 fully saturated rings. The predicted molar refractivity (Wildman–Crippen MR) is 79.8 cm³/mol. The highest BCUT2D eigenvalue weighted by molar-refractivity contribution is 6.30. The highest BCUT2D eigenvalue weighted by Gasteiger charge is 2.21. The number of benzene rings is 1. The van der Waals surface area contributed by atoms with Gasteiger partial charge in [-0.3, -0.25) is 4.79 Å². The molecular weight excluding hydrogens is 278 g/mol. The highest BCUT2D eigenvalue weighted by Crippen LogP contribution is 2.21. The number of ether oxygens (including phenoxy) is 1. The number of anilines is 1. The van der Waals surface area contributed by atoms with Gasteiger partial charge in [0.2, 0.25) is 5.91 Å². The Balaban J connectivity index is 2.89. The Morgan fingerprint density at radius 1 is 1.50 bits per heavy atom. The van der Waals surface area contributed by atoms with Crippen molar-refractivity contribution in [2.24, 2.45) is 0 Å². The van der Waals surface area contributed by atoms with Crippen molar-refractivity contribution in [3.05, 3.63) is 28.8 Å². The van der Waals surface area contributed by atoms with Crippen LogP contribution in [-0.4, -0.2) is 30.3 Å². The summed E-state index contributed by atoms with van der Waals surface area (Å²) < 4.78 is 5.22. The Morgan fingerprint density at radius 2 is 2.20 bits per heavy atom. The summed E-state index contributed by atoms with van der Waals surface area (Å²) in [6.45, 7) is 3.42. The van der Waals surface area contributed by atoms with Crippen LogP contribution < -0.4 is 5.32 Å². The molecule has 1 aromatic carbocycles. The zero-order valence-electron chi connectivity index (χ0n) is 11.8. The largest absolute Gasteiger partial charge is 0.384 e. The minimum absolute atomic E-state index is 0.175. The zero-order chi connectivity index (χ0) is 15.2. The van der Waals surface area contributed by atoms with Crippen LogP contribution in [0.1, 0.15) is 25.8 Å². The number of nitrogens with one attached hydrogen (secondary N) is 1. The van der Waals surface area contributed by atoms with E-state index in [9.17, 15) is 4.79 Å². The van der Waals surface area contributed by atoms with Gasteiger partial charge in [-0.1, -0.05) is 23.4 Å². The van der Waals surface area contributed by atoms with E-state index in [1.54, 1.807) is 25.3 Å². The average molecular weight is 296 g/mol. The number of carbonyl (C=O) groups excluding carboxylic acids is 1. The third-order valence-corrected chi connectivity index (χ3v) is 2.93. The number of aliphatic hydroxyl groups is 1. The molecule has 0 atom stereocenters. The van der Waals surface area contributed by atoms with E-state index in [1.165, 1.54) is 0 Å². The Labute approximate surface area is 124 Å². The zero-order valence-corrected chi connectivity index (χ0v) is 12.5. The predicted octanol–water partition coefficient (Wildman–Crippen LogP) is 2.44. The second kappa shape index (κ2) is 7.30. The second-order valence-corrected chi connectivity index (χ2v) is 5.28. The van der Waals surface area contributed by atoms with E-state index in [1.807, 2.05) is 13.8 Å². The summed E-state index contributed by atoms with van der Waals surface area (Å²) in [5.74, 6) is 5.12. The monoisotopic (exact) mass is 295 g/mol. The lowest BCUT2D eigenvalue weighted by molar-refractivity contribution is -0.121. The first kappa shape index (κ1) is 16.5. The minimum atomic E-state index is -0.534. The first-order valence-corrected chi connectivity index (χ1v) is 6.50. The molecule has 20 heavy (non-hydrogen) atoms. The van der Waals surface area contributed by atoms with E-state index < -0.39 is 5.60 Å². The quantitative estimate of drug-likeness (QED) is 0.839. The lowest BCUT2D eigenvalue weighted by atomic mass is 10.0. The van der Waals surface area contributed by atoms with Gasteiger partial charge < -0.3 is 15.2 Å². The van der Waals surface area contributed by atoms with E-state index in [4.69, 9.17) is 21.4 Å². The molecule has 0 unspecified atom stereocenters. The number of hydrogen-bond acceptors (Lipinski definition) is 3. The third-order valence-electron chi connectivity index (χ3n) is 2.70. The van der Waals surface area contributed by atoms with Crippen LogP contribution in [0.5, 0.6) is 0 Å². The van der Waals surface area contributed by atoms with Gasteiger partial charge >= 0.3 is 0 Å². The van der Waals surface area contributed by atoms with Crippen molar-refractivity contribution in [3.63, 3.8) is 0 Å². The average Bonchev–Trinajstić information content (AvgIpc) is 2.38. The molecule has 0 saturated carbocycles. The topological polar surface area (TPSA) is 58.6 Å². The number of carbonyl (C=O) groups is 1. The normalized spacial score (nSPS) is 10.7. The first-order chi connectivity index (χ1) is 9.38. The van der Waals surface area contributed by atoms with Gasteiger partial charge in [0.1, 0.15) is 6.61 Å². The molecule has 1 amide bonds. The number of amides is 1. The van der Waals surface area contributed by atoms with Crippen LogP contribution in [0.3, 0.4) is 0 Å². The Bertz CT molecular complexity index is 544. The van der Waals surface area contributed by atoms with E-state index in [2.05, 4.69) is 17.2 Å². The number of methoxy groups -OCH3 is 1. The highest BCUT2D eigenvalue weighted by atomic mass is 35.5. The smallest absolute Gasteiger partial charge is 0.227 e. The fourth-order valence-corrected chi connectivity index (χ4v) is 1.69. The lowest BCUT2D eigenvalue weighted by Gasteiger charge is -2.22. The molecule has 0 bridgehead atoms. The molecule has 5 heteroatoms. The molecule has 0 aliphatic carbocycles. The van der Waals surface area contributed by atoms with Gasteiger partial charge in [0.15, 0.2) is 0 Å². The molecular formula is C15H18ClNO3. The van der Waals surface area contributed by atoms with Crippen molar-refractivity contribution in [2.75, 3.05) is 19.0 Å². The summed E-state index contributed by atoms with van der Waals surface area (Å²) in [6.07, 6.45) is 0.221. The van der Waals surface area contributed by atoms with Gasteiger partial charge in [0, 0.05) is 17.7 Å². The Kier molecular flexibility index (Phi) is 6.03. The van der Waals surface area contributed by atoms with Crippen molar-refractivity contribution in [2.45, 2.75) is 25.9 Å². The molecule has 4 nitrogen and oxygen atoms in total. The number of hydrogen-bond donors (Lipinski definition) is 2. The minimum Gasteiger partial charge on any atom is -0.384 e. The fraction of sp³-hybridized carbons (Fsp3) is 0.400. The molecule has 0 aliphatic rings. The van der Waals surface area contributed by atoms with Gasteiger partial charge in [-0.2, -0.15) is 0 Å². The van der Waals surface area contributed by atoms with E-state index >= 15 is 0 Å². The summed E-state index contributed by atoms with van der Waals surface area (Å²) in [4.78, 5) is 12.0. The van der Waals surface area contributed by atoms with Crippen molar-refractivity contribution in [1.29, 1.82) is 0 Å². The van der Waals surface area contributed by atoms with Crippen LogP contribution in [-0.2, 0) is 9.53 Å². The van der Waals surface area contributed by atoms with Crippen LogP contribution in [0, 0.1) is 11.8 Å². The molecule has 0 aromatic heterocycles. The van der Waals surface area contributed by atoms with Gasteiger partial charge in [0.05, 0.1) is 17.7 Å². The van der Waals surface area contributed by atoms with Crippen molar-refractivity contribution >= 4 is 23.2 Å². The van der Waals surface area contributed by atoms with Crippen LogP contribution in [0.15, 0.2) is 18.2 Å². The molecule has 0 saturated heterocycles. The summed E-state index contributed by atoms with van der Waals surface area (Å²) in [5.41, 5.74) is 0.593. The maximum absolute atomic E-state index is 12.0. The number of rotatable bonds is 4. The summed E-state index contributed by atoms with van der Waals surface area (Å²) in [5, 5.41) is 12.0. The van der Waals surface area contributed by atoms with Crippen molar-refractivity contribution in [1.82, 2.24) is 0 Å². The Morgan fingerprint density at radius 3 is 2.80 bits per heavy atom. The standard InChI is InChI=1S/C15H18ClNO3/c1-15(2,20-3)10-14(19)17-13-7-6-12(16)9-11(13)5-4-8-18/h6-7,9,18H,8,10H2,1-3H3,(H,17,19). The molecule has 0 aliphatic heterocycles. The molecule has 1 rings (SSSR count). The summed E-state index contributed by atoms with van der Waals surface area (Å²) in [7, 11) is 1.56. The number of halogens is 1.